The van der Waals surface area contributed by atoms with Crippen molar-refractivity contribution in [1.29, 1.82) is 0 Å². The first-order valence-electron chi connectivity index (χ1n) is 7.77. The van der Waals surface area contributed by atoms with Crippen LogP contribution < -0.4 is 0 Å². The van der Waals surface area contributed by atoms with Gasteiger partial charge in [-0.1, -0.05) is 13.3 Å². The Bertz CT molecular complexity index is 422. The second-order valence-electron chi connectivity index (χ2n) is 5.64. The molecule has 0 aliphatic carbocycles. The third kappa shape index (κ3) is 4.10. The van der Waals surface area contributed by atoms with Crippen molar-refractivity contribution in [3.63, 3.8) is 0 Å². The highest BCUT2D eigenvalue weighted by atomic mass is 16.4. The molecule has 4 heteroatoms. The van der Waals surface area contributed by atoms with Crippen LogP contribution in [0.25, 0.3) is 0 Å². The number of hydrogen-bond donors (Lipinski definition) is 0. The Balaban J connectivity index is 1.81. The summed E-state index contributed by atoms with van der Waals surface area (Å²) in [5.74, 6) is 1.36. The van der Waals surface area contributed by atoms with Gasteiger partial charge in [0.05, 0.1) is 0 Å². The van der Waals surface area contributed by atoms with E-state index in [-0.39, 0.29) is 5.91 Å². The number of furan rings is 1. The van der Waals surface area contributed by atoms with E-state index in [1.54, 1.807) is 11.0 Å². The molecule has 0 unspecified atom stereocenters. The number of carbonyl (C=O) groups excluding carboxylic acids is 1. The van der Waals surface area contributed by atoms with Crippen molar-refractivity contribution in [2.24, 2.45) is 0 Å². The van der Waals surface area contributed by atoms with Crippen molar-refractivity contribution < 1.29 is 9.21 Å². The first kappa shape index (κ1) is 15.1. The maximum atomic E-state index is 12.2. The molecule has 1 aliphatic rings. The number of nitrogens with zero attached hydrogens (tertiary/aromatic N) is 2. The summed E-state index contributed by atoms with van der Waals surface area (Å²) < 4.78 is 5.59. The SMILES string of the molecule is CCCc1ccc(C(=O)N(C)CCN2CCCCC2)o1. The predicted molar refractivity (Wildman–Crippen MR) is 80.0 cm³/mol. The van der Waals surface area contributed by atoms with Gasteiger partial charge >= 0.3 is 0 Å². The molecule has 0 radical (unpaired) electrons. The van der Waals surface area contributed by atoms with Crippen molar-refractivity contribution >= 4 is 5.91 Å². The van der Waals surface area contributed by atoms with Crippen LogP contribution in [0.2, 0.25) is 0 Å². The molecule has 1 aliphatic heterocycles. The van der Waals surface area contributed by atoms with Gasteiger partial charge < -0.3 is 14.2 Å². The first-order chi connectivity index (χ1) is 9.70. The van der Waals surface area contributed by atoms with E-state index in [1.807, 2.05) is 13.1 Å². The maximum Gasteiger partial charge on any atom is 0.289 e. The molecular formula is C16H26N2O2. The van der Waals surface area contributed by atoms with Crippen molar-refractivity contribution in [3.05, 3.63) is 23.7 Å². The van der Waals surface area contributed by atoms with Crippen molar-refractivity contribution in [2.75, 3.05) is 33.2 Å². The molecular weight excluding hydrogens is 252 g/mol. The summed E-state index contributed by atoms with van der Waals surface area (Å²) in [6, 6.07) is 3.71. The Morgan fingerprint density at radius 2 is 2.05 bits per heavy atom. The molecule has 0 bridgehead atoms. The fraction of sp³-hybridized carbons (Fsp3) is 0.688. The Hall–Kier alpha value is -1.29. The molecule has 1 aromatic rings. The zero-order chi connectivity index (χ0) is 14.4. The average Bonchev–Trinajstić information content (AvgIpc) is 2.94. The highest BCUT2D eigenvalue weighted by molar-refractivity contribution is 5.91. The number of likely N-dealkylation sites (N-methyl/N-ethyl adjacent to an activating group) is 1. The van der Waals surface area contributed by atoms with Crippen molar-refractivity contribution in [1.82, 2.24) is 9.80 Å². The fourth-order valence-electron chi connectivity index (χ4n) is 2.64. The summed E-state index contributed by atoms with van der Waals surface area (Å²) in [5, 5.41) is 0. The quantitative estimate of drug-likeness (QED) is 0.803. The largest absolute Gasteiger partial charge is 0.456 e. The summed E-state index contributed by atoms with van der Waals surface area (Å²) in [7, 11) is 1.86. The van der Waals surface area contributed by atoms with Gasteiger partial charge in [0.2, 0.25) is 0 Å². The van der Waals surface area contributed by atoms with Gasteiger partial charge in [0.15, 0.2) is 5.76 Å². The van der Waals surface area contributed by atoms with E-state index in [2.05, 4.69) is 11.8 Å². The van der Waals surface area contributed by atoms with Gasteiger partial charge in [-0.05, 0) is 44.5 Å². The number of amides is 1. The lowest BCUT2D eigenvalue weighted by atomic mass is 10.1. The minimum Gasteiger partial charge on any atom is -0.456 e. The second kappa shape index (κ2) is 7.48. The van der Waals surface area contributed by atoms with Crippen LogP contribution in [0.5, 0.6) is 0 Å². The highest BCUT2D eigenvalue weighted by Gasteiger charge is 2.17. The Morgan fingerprint density at radius 3 is 2.75 bits per heavy atom. The standard InChI is InChI=1S/C16H26N2O2/c1-3-7-14-8-9-15(20-14)16(19)17(2)12-13-18-10-5-4-6-11-18/h8-9H,3-7,10-13H2,1-2H3. The summed E-state index contributed by atoms with van der Waals surface area (Å²) in [6.45, 7) is 6.18. The molecule has 20 heavy (non-hydrogen) atoms. The molecule has 0 spiro atoms. The molecule has 1 fully saturated rings. The van der Waals surface area contributed by atoms with Gasteiger partial charge in [0.25, 0.3) is 5.91 Å². The lowest BCUT2D eigenvalue weighted by Gasteiger charge is -2.28. The Morgan fingerprint density at radius 1 is 1.30 bits per heavy atom. The van der Waals surface area contributed by atoms with Crippen LogP contribution in [0.4, 0.5) is 0 Å². The monoisotopic (exact) mass is 278 g/mol. The van der Waals surface area contributed by atoms with E-state index >= 15 is 0 Å². The summed E-state index contributed by atoms with van der Waals surface area (Å²) >= 11 is 0. The average molecular weight is 278 g/mol. The number of likely N-dealkylation sites (tertiary alicyclic amines) is 1. The van der Waals surface area contributed by atoms with Gasteiger partial charge in [0, 0.05) is 26.6 Å². The molecule has 1 amide bonds. The molecule has 112 valence electrons. The van der Waals surface area contributed by atoms with Crippen LogP contribution in [0.1, 0.15) is 48.9 Å². The molecule has 0 aromatic carbocycles. The van der Waals surface area contributed by atoms with Crippen LogP contribution in [0.15, 0.2) is 16.5 Å². The third-order valence-electron chi connectivity index (χ3n) is 3.92. The number of hydrogen-bond acceptors (Lipinski definition) is 3. The summed E-state index contributed by atoms with van der Waals surface area (Å²) in [5.41, 5.74) is 0. The number of rotatable bonds is 6. The molecule has 4 nitrogen and oxygen atoms in total. The van der Waals surface area contributed by atoms with Crippen LogP contribution >= 0.6 is 0 Å². The van der Waals surface area contributed by atoms with Crippen molar-refractivity contribution in [3.8, 4) is 0 Å². The number of carbonyl (C=O) groups is 1. The van der Waals surface area contributed by atoms with E-state index in [1.165, 1.54) is 32.4 Å². The molecule has 0 saturated carbocycles. The fourth-order valence-corrected chi connectivity index (χ4v) is 2.64. The van der Waals surface area contributed by atoms with E-state index < -0.39 is 0 Å². The van der Waals surface area contributed by atoms with E-state index in [0.29, 0.717) is 5.76 Å². The van der Waals surface area contributed by atoms with Crippen molar-refractivity contribution in [2.45, 2.75) is 39.0 Å². The van der Waals surface area contributed by atoms with Crippen LogP contribution in [-0.4, -0.2) is 48.9 Å². The van der Waals surface area contributed by atoms with Gasteiger partial charge in [-0.25, -0.2) is 0 Å². The highest BCUT2D eigenvalue weighted by Crippen LogP contribution is 2.12. The van der Waals surface area contributed by atoms with Gasteiger partial charge in [0.1, 0.15) is 5.76 Å². The molecule has 0 atom stereocenters. The lowest BCUT2D eigenvalue weighted by Crippen LogP contribution is -2.38. The van der Waals surface area contributed by atoms with Crippen LogP contribution in [0.3, 0.4) is 0 Å². The summed E-state index contributed by atoms with van der Waals surface area (Å²) in [6.07, 6.45) is 5.85. The second-order valence-corrected chi connectivity index (χ2v) is 5.64. The zero-order valence-corrected chi connectivity index (χ0v) is 12.7. The lowest BCUT2D eigenvalue weighted by molar-refractivity contribution is 0.0740. The molecule has 1 saturated heterocycles. The molecule has 1 aromatic heterocycles. The Labute approximate surface area is 121 Å². The minimum absolute atomic E-state index is 0.00985. The molecule has 2 rings (SSSR count). The first-order valence-corrected chi connectivity index (χ1v) is 7.77. The van der Waals surface area contributed by atoms with Crippen LogP contribution in [-0.2, 0) is 6.42 Å². The van der Waals surface area contributed by atoms with E-state index in [9.17, 15) is 4.79 Å². The number of aryl methyl sites for hydroxylation is 1. The maximum absolute atomic E-state index is 12.2. The predicted octanol–water partition coefficient (Wildman–Crippen LogP) is 2.79. The van der Waals surface area contributed by atoms with E-state index in [4.69, 9.17) is 4.42 Å². The van der Waals surface area contributed by atoms with E-state index in [0.717, 1.165) is 31.7 Å². The normalized spacial score (nSPS) is 16.3. The molecule has 2 heterocycles. The molecule has 0 N–H and O–H groups in total. The minimum atomic E-state index is -0.00985. The number of piperidine rings is 1. The smallest absolute Gasteiger partial charge is 0.289 e. The third-order valence-corrected chi connectivity index (χ3v) is 3.92. The topological polar surface area (TPSA) is 36.7 Å². The van der Waals surface area contributed by atoms with Gasteiger partial charge in [-0.15, -0.1) is 0 Å². The Kier molecular flexibility index (Phi) is 5.65. The van der Waals surface area contributed by atoms with Gasteiger partial charge in [-0.3, -0.25) is 4.79 Å². The zero-order valence-electron chi connectivity index (χ0n) is 12.7. The van der Waals surface area contributed by atoms with Gasteiger partial charge in [-0.2, -0.15) is 0 Å². The summed E-state index contributed by atoms with van der Waals surface area (Å²) in [4.78, 5) is 16.5. The van der Waals surface area contributed by atoms with Crippen LogP contribution in [0, 0.1) is 0 Å².